The van der Waals surface area contributed by atoms with Gasteiger partial charge in [-0.1, -0.05) is 13.0 Å². The Bertz CT molecular complexity index is 420. The second kappa shape index (κ2) is 7.03. The number of aryl methyl sites for hydroxylation is 1. The highest BCUT2D eigenvalue weighted by atomic mass is 15.1. The summed E-state index contributed by atoms with van der Waals surface area (Å²) in [5.74, 6) is 0. The molecule has 0 saturated carbocycles. The van der Waals surface area contributed by atoms with E-state index in [0.29, 0.717) is 6.04 Å². The van der Waals surface area contributed by atoms with E-state index in [0.717, 1.165) is 36.3 Å². The molecule has 0 aliphatic carbocycles. The lowest BCUT2D eigenvalue weighted by atomic mass is 10.1. The Labute approximate surface area is 110 Å². The highest BCUT2D eigenvalue weighted by Gasteiger charge is 2.06. The van der Waals surface area contributed by atoms with E-state index in [9.17, 15) is 0 Å². The first-order chi connectivity index (χ1) is 8.58. The smallest absolute Gasteiger partial charge is 0.101 e. The lowest BCUT2D eigenvalue weighted by molar-refractivity contribution is 0.261. The first-order valence-electron chi connectivity index (χ1n) is 6.53. The molecule has 0 saturated heterocycles. The first-order valence-corrected chi connectivity index (χ1v) is 6.53. The van der Waals surface area contributed by atoms with Gasteiger partial charge in [0.1, 0.15) is 6.07 Å². The Balaban J connectivity index is 2.52. The van der Waals surface area contributed by atoms with Crippen LogP contribution in [0.15, 0.2) is 18.2 Å². The van der Waals surface area contributed by atoms with E-state index < -0.39 is 0 Å². The maximum Gasteiger partial charge on any atom is 0.101 e. The summed E-state index contributed by atoms with van der Waals surface area (Å²) in [5, 5.41) is 12.4. The van der Waals surface area contributed by atoms with Crippen LogP contribution in [0.4, 0.5) is 5.69 Å². The van der Waals surface area contributed by atoms with Crippen LogP contribution in [0.1, 0.15) is 31.4 Å². The summed E-state index contributed by atoms with van der Waals surface area (Å²) in [6.07, 6.45) is 1.16. The summed E-state index contributed by atoms with van der Waals surface area (Å²) in [7, 11) is 2.14. The molecule has 3 heteroatoms. The van der Waals surface area contributed by atoms with Crippen molar-refractivity contribution in [2.75, 3.05) is 25.5 Å². The standard InChI is InChI=1S/C15H23N3/c1-5-13(3)18(4)9-8-17-15-7-6-12(2)10-14(15)11-16/h6-7,10,13,17H,5,8-9H2,1-4H3. The summed E-state index contributed by atoms with van der Waals surface area (Å²) in [6, 6.07) is 8.76. The molecule has 3 nitrogen and oxygen atoms in total. The van der Waals surface area contributed by atoms with E-state index in [1.54, 1.807) is 0 Å². The van der Waals surface area contributed by atoms with Gasteiger partial charge in [-0.25, -0.2) is 0 Å². The highest BCUT2D eigenvalue weighted by Crippen LogP contribution is 2.15. The zero-order chi connectivity index (χ0) is 13.5. The molecular weight excluding hydrogens is 222 g/mol. The minimum absolute atomic E-state index is 0.597. The quantitative estimate of drug-likeness (QED) is 0.837. The van der Waals surface area contributed by atoms with Crippen molar-refractivity contribution in [1.29, 1.82) is 5.26 Å². The van der Waals surface area contributed by atoms with Crippen LogP contribution in [-0.4, -0.2) is 31.1 Å². The molecule has 0 amide bonds. The Hall–Kier alpha value is -1.53. The van der Waals surface area contributed by atoms with Crippen molar-refractivity contribution in [3.05, 3.63) is 29.3 Å². The molecule has 1 aromatic carbocycles. The lowest BCUT2D eigenvalue weighted by Gasteiger charge is -2.23. The number of rotatable bonds is 6. The van der Waals surface area contributed by atoms with E-state index in [1.165, 1.54) is 0 Å². The van der Waals surface area contributed by atoms with Crippen LogP contribution in [0, 0.1) is 18.3 Å². The monoisotopic (exact) mass is 245 g/mol. The van der Waals surface area contributed by atoms with Gasteiger partial charge in [-0.3, -0.25) is 0 Å². The van der Waals surface area contributed by atoms with E-state index >= 15 is 0 Å². The fraction of sp³-hybridized carbons (Fsp3) is 0.533. The number of nitriles is 1. The van der Waals surface area contributed by atoms with Crippen LogP contribution >= 0.6 is 0 Å². The van der Waals surface area contributed by atoms with Gasteiger partial charge in [0.05, 0.1) is 11.3 Å². The van der Waals surface area contributed by atoms with Crippen molar-refractivity contribution < 1.29 is 0 Å². The van der Waals surface area contributed by atoms with Gasteiger partial charge in [0.15, 0.2) is 0 Å². The molecular formula is C15H23N3. The minimum atomic E-state index is 0.597. The van der Waals surface area contributed by atoms with Gasteiger partial charge in [-0.2, -0.15) is 5.26 Å². The molecule has 0 spiro atoms. The van der Waals surface area contributed by atoms with E-state index in [-0.39, 0.29) is 0 Å². The van der Waals surface area contributed by atoms with E-state index in [2.05, 4.69) is 37.2 Å². The molecule has 0 aromatic heterocycles. The fourth-order valence-electron chi connectivity index (χ4n) is 1.80. The third-order valence-electron chi connectivity index (χ3n) is 3.42. The normalized spacial score (nSPS) is 12.2. The van der Waals surface area contributed by atoms with Crippen molar-refractivity contribution in [2.45, 2.75) is 33.2 Å². The molecule has 0 fully saturated rings. The molecule has 1 unspecified atom stereocenters. The Morgan fingerprint density at radius 3 is 2.78 bits per heavy atom. The molecule has 1 aromatic rings. The third kappa shape index (κ3) is 4.05. The van der Waals surface area contributed by atoms with Gasteiger partial charge in [0, 0.05) is 19.1 Å². The van der Waals surface area contributed by atoms with Crippen molar-refractivity contribution in [1.82, 2.24) is 4.90 Å². The van der Waals surface area contributed by atoms with Crippen LogP contribution in [0.3, 0.4) is 0 Å². The summed E-state index contributed by atoms with van der Waals surface area (Å²) >= 11 is 0. The summed E-state index contributed by atoms with van der Waals surface area (Å²) < 4.78 is 0. The zero-order valence-electron chi connectivity index (χ0n) is 11.8. The van der Waals surface area contributed by atoms with Crippen molar-refractivity contribution in [2.24, 2.45) is 0 Å². The predicted octanol–water partition coefficient (Wildman–Crippen LogP) is 3.01. The van der Waals surface area contributed by atoms with Crippen molar-refractivity contribution in [3.8, 4) is 6.07 Å². The summed E-state index contributed by atoms with van der Waals surface area (Å²) in [5.41, 5.74) is 2.77. The highest BCUT2D eigenvalue weighted by molar-refractivity contribution is 5.58. The van der Waals surface area contributed by atoms with Crippen LogP contribution < -0.4 is 5.32 Å². The van der Waals surface area contributed by atoms with Gasteiger partial charge in [-0.15, -0.1) is 0 Å². The Morgan fingerprint density at radius 2 is 2.17 bits per heavy atom. The number of benzene rings is 1. The van der Waals surface area contributed by atoms with Gasteiger partial charge in [0.2, 0.25) is 0 Å². The van der Waals surface area contributed by atoms with Crippen LogP contribution in [0.2, 0.25) is 0 Å². The van der Waals surface area contributed by atoms with Gasteiger partial charge < -0.3 is 10.2 Å². The van der Waals surface area contributed by atoms with Gasteiger partial charge in [0.25, 0.3) is 0 Å². The minimum Gasteiger partial charge on any atom is -0.383 e. The topological polar surface area (TPSA) is 39.1 Å². The van der Waals surface area contributed by atoms with Crippen LogP contribution in [0.5, 0.6) is 0 Å². The summed E-state index contributed by atoms with van der Waals surface area (Å²) in [4.78, 5) is 2.33. The first kappa shape index (κ1) is 14.5. The van der Waals surface area contributed by atoms with E-state index in [1.807, 2.05) is 25.1 Å². The SMILES string of the molecule is CCC(C)N(C)CCNc1ccc(C)cc1C#N. The van der Waals surface area contributed by atoms with E-state index in [4.69, 9.17) is 5.26 Å². The molecule has 0 radical (unpaired) electrons. The largest absolute Gasteiger partial charge is 0.383 e. The summed E-state index contributed by atoms with van der Waals surface area (Å²) in [6.45, 7) is 8.27. The number of hydrogen-bond acceptors (Lipinski definition) is 3. The molecule has 1 rings (SSSR count). The third-order valence-corrected chi connectivity index (χ3v) is 3.42. The molecule has 98 valence electrons. The second-order valence-electron chi connectivity index (χ2n) is 4.83. The number of likely N-dealkylation sites (N-methyl/N-ethyl adjacent to an activating group) is 1. The lowest BCUT2D eigenvalue weighted by Crippen LogP contribution is -2.32. The number of anilines is 1. The Kier molecular flexibility index (Phi) is 5.67. The molecule has 0 aliphatic rings. The molecule has 0 aliphatic heterocycles. The predicted molar refractivity (Wildman–Crippen MR) is 76.8 cm³/mol. The van der Waals surface area contributed by atoms with Gasteiger partial charge >= 0.3 is 0 Å². The van der Waals surface area contributed by atoms with Gasteiger partial charge in [-0.05, 0) is 45.0 Å². The molecule has 0 heterocycles. The average Bonchev–Trinajstić information content (AvgIpc) is 2.39. The van der Waals surface area contributed by atoms with Crippen LogP contribution in [-0.2, 0) is 0 Å². The molecule has 1 atom stereocenters. The number of nitrogens with zero attached hydrogens (tertiary/aromatic N) is 2. The molecule has 18 heavy (non-hydrogen) atoms. The van der Waals surface area contributed by atoms with Crippen molar-refractivity contribution >= 4 is 5.69 Å². The Morgan fingerprint density at radius 1 is 1.44 bits per heavy atom. The maximum absolute atomic E-state index is 9.08. The second-order valence-corrected chi connectivity index (χ2v) is 4.83. The fourth-order valence-corrected chi connectivity index (χ4v) is 1.80. The zero-order valence-corrected chi connectivity index (χ0v) is 11.8. The van der Waals surface area contributed by atoms with Crippen molar-refractivity contribution in [3.63, 3.8) is 0 Å². The number of nitrogens with one attached hydrogen (secondary N) is 1. The number of hydrogen-bond donors (Lipinski definition) is 1. The molecule has 1 N–H and O–H groups in total. The molecule has 0 bridgehead atoms. The van der Waals surface area contributed by atoms with Crippen LogP contribution in [0.25, 0.3) is 0 Å². The average molecular weight is 245 g/mol. The maximum atomic E-state index is 9.08.